The topological polar surface area (TPSA) is 63.1 Å². The van der Waals surface area contributed by atoms with Crippen molar-refractivity contribution >= 4 is 28.1 Å². The van der Waals surface area contributed by atoms with Crippen LogP contribution in [0.15, 0.2) is 48.8 Å². The van der Waals surface area contributed by atoms with Gasteiger partial charge in [-0.2, -0.15) is 13.2 Å². The van der Waals surface area contributed by atoms with E-state index in [4.69, 9.17) is 0 Å². The summed E-state index contributed by atoms with van der Waals surface area (Å²) in [6.07, 6.45) is 0.574. The molecule has 1 aliphatic rings. The van der Waals surface area contributed by atoms with Gasteiger partial charge in [-0.3, -0.25) is 9.36 Å². The predicted molar refractivity (Wildman–Crippen MR) is 104 cm³/mol. The molecule has 0 aliphatic carbocycles. The molecule has 1 N–H and O–H groups in total. The van der Waals surface area contributed by atoms with Crippen molar-refractivity contribution in [2.75, 3.05) is 23.3 Å². The summed E-state index contributed by atoms with van der Waals surface area (Å²) in [4.78, 5) is 14.6. The largest absolute Gasteiger partial charge is 0.418 e. The van der Waals surface area contributed by atoms with E-state index in [0.717, 1.165) is 24.2 Å². The zero-order valence-electron chi connectivity index (χ0n) is 15.3. The molecule has 152 valence electrons. The molecule has 1 aliphatic heterocycles. The molecule has 1 saturated heterocycles. The van der Waals surface area contributed by atoms with Crippen molar-refractivity contribution in [2.45, 2.75) is 19.0 Å². The number of benzene rings is 1. The first-order valence-electron chi connectivity index (χ1n) is 9.11. The monoisotopic (exact) mass is 421 g/mol. The summed E-state index contributed by atoms with van der Waals surface area (Å²) in [6.45, 7) is 1.11. The van der Waals surface area contributed by atoms with Gasteiger partial charge in [0.05, 0.1) is 17.2 Å². The van der Waals surface area contributed by atoms with Gasteiger partial charge in [-0.25, -0.2) is 0 Å². The Morgan fingerprint density at radius 2 is 1.83 bits per heavy atom. The van der Waals surface area contributed by atoms with Crippen molar-refractivity contribution in [3.05, 3.63) is 54.4 Å². The maximum absolute atomic E-state index is 13.2. The minimum atomic E-state index is -4.52. The molecule has 0 unspecified atom stereocenters. The molecule has 6 nitrogen and oxygen atoms in total. The molecule has 3 aromatic rings. The Kier molecular flexibility index (Phi) is 5.27. The van der Waals surface area contributed by atoms with E-state index in [2.05, 4.69) is 15.5 Å². The molecule has 3 heterocycles. The van der Waals surface area contributed by atoms with Crippen molar-refractivity contribution in [1.29, 1.82) is 0 Å². The Morgan fingerprint density at radius 3 is 2.59 bits per heavy atom. The van der Waals surface area contributed by atoms with Gasteiger partial charge in [-0.1, -0.05) is 23.5 Å². The van der Waals surface area contributed by atoms with Crippen molar-refractivity contribution in [2.24, 2.45) is 5.92 Å². The predicted octanol–water partition coefficient (Wildman–Crippen LogP) is 4.20. The normalized spacial score (nSPS) is 17.3. The van der Waals surface area contributed by atoms with Gasteiger partial charge in [0.1, 0.15) is 0 Å². The number of hydrogen-bond acceptors (Lipinski definition) is 5. The fourth-order valence-corrected chi connectivity index (χ4v) is 4.19. The third-order valence-corrected chi connectivity index (χ3v) is 5.78. The second-order valence-electron chi connectivity index (χ2n) is 6.78. The van der Waals surface area contributed by atoms with Crippen LogP contribution in [-0.4, -0.2) is 33.8 Å². The number of hydrogen-bond donors (Lipinski definition) is 1. The molecule has 0 bridgehead atoms. The Balaban J connectivity index is 1.46. The molecule has 4 rings (SSSR count). The van der Waals surface area contributed by atoms with Crippen LogP contribution >= 0.6 is 11.3 Å². The molecule has 2 aromatic heterocycles. The van der Waals surface area contributed by atoms with Gasteiger partial charge in [0, 0.05) is 25.5 Å². The molecule has 1 aromatic carbocycles. The zero-order chi connectivity index (χ0) is 20.4. The number of nitrogens with one attached hydrogen (secondary N) is 1. The number of amides is 1. The van der Waals surface area contributed by atoms with Gasteiger partial charge in [-0.05, 0) is 37.1 Å². The average molecular weight is 421 g/mol. The Labute approximate surface area is 169 Å². The van der Waals surface area contributed by atoms with Crippen molar-refractivity contribution < 1.29 is 18.0 Å². The van der Waals surface area contributed by atoms with E-state index in [1.54, 1.807) is 0 Å². The standard InChI is InChI=1S/C19H18F3N5OS/c20-19(21,22)14-7-1-2-8-15(14)23-16(28)13-6-5-11-27(12-13)18-25-24-17(29-18)26-9-3-4-10-26/h1-4,7-10,13H,5-6,11-12H2,(H,23,28)/t13-/m0/s1. The highest BCUT2D eigenvalue weighted by Gasteiger charge is 2.35. The van der Waals surface area contributed by atoms with Crippen LogP contribution in [0.1, 0.15) is 18.4 Å². The summed E-state index contributed by atoms with van der Waals surface area (Å²) < 4.78 is 41.4. The number of carbonyl (C=O) groups is 1. The van der Waals surface area contributed by atoms with Gasteiger partial charge >= 0.3 is 6.18 Å². The summed E-state index contributed by atoms with van der Waals surface area (Å²) in [7, 11) is 0. The first-order valence-corrected chi connectivity index (χ1v) is 9.92. The third-order valence-electron chi connectivity index (χ3n) is 4.78. The number of rotatable bonds is 4. The molecule has 1 amide bonds. The molecule has 0 saturated carbocycles. The maximum atomic E-state index is 13.2. The lowest BCUT2D eigenvalue weighted by atomic mass is 9.97. The van der Waals surface area contributed by atoms with Crippen molar-refractivity contribution in [1.82, 2.24) is 14.8 Å². The zero-order valence-corrected chi connectivity index (χ0v) is 16.1. The molecule has 0 spiro atoms. The average Bonchev–Trinajstić information content (AvgIpc) is 3.39. The highest BCUT2D eigenvalue weighted by atomic mass is 32.1. The van der Waals surface area contributed by atoms with E-state index < -0.39 is 23.6 Å². The molecular weight excluding hydrogens is 403 g/mol. The van der Waals surface area contributed by atoms with E-state index in [1.807, 2.05) is 34.0 Å². The van der Waals surface area contributed by atoms with Gasteiger partial charge < -0.3 is 10.2 Å². The molecule has 29 heavy (non-hydrogen) atoms. The minimum Gasteiger partial charge on any atom is -0.346 e. The number of piperidine rings is 1. The SMILES string of the molecule is O=C(Nc1ccccc1C(F)(F)F)[C@H]1CCCN(c2nnc(-n3cccc3)s2)C1. The van der Waals surface area contributed by atoms with Crippen LogP contribution in [0.25, 0.3) is 5.13 Å². The summed E-state index contributed by atoms with van der Waals surface area (Å²) in [5, 5.41) is 12.3. The van der Waals surface area contributed by atoms with E-state index in [9.17, 15) is 18.0 Å². The number of halogens is 3. The van der Waals surface area contributed by atoms with Crippen LogP contribution < -0.4 is 10.2 Å². The summed E-state index contributed by atoms with van der Waals surface area (Å²) in [6, 6.07) is 8.80. The van der Waals surface area contributed by atoms with E-state index in [-0.39, 0.29) is 5.69 Å². The number of nitrogens with zero attached hydrogens (tertiary/aromatic N) is 4. The Bertz CT molecular complexity index is 986. The summed E-state index contributed by atoms with van der Waals surface area (Å²) in [5.74, 6) is -0.842. The minimum absolute atomic E-state index is 0.215. The Morgan fingerprint density at radius 1 is 1.10 bits per heavy atom. The molecule has 1 fully saturated rings. The van der Waals surface area contributed by atoms with Crippen LogP contribution in [0.3, 0.4) is 0 Å². The second-order valence-corrected chi connectivity index (χ2v) is 7.71. The van der Waals surface area contributed by atoms with Crippen LogP contribution in [0, 0.1) is 5.92 Å². The fraction of sp³-hybridized carbons (Fsp3) is 0.316. The molecular formula is C19H18F3N5OS. The number of alkyl halides is 3. The number of carbonyl (C=O) groups excluding carboxylic acids is 1. The molecule has 1 atom stereocenters. The molecule has 10 heteroatoms. The van der Waals surface area contributed by atoms with E-state index in [0.29, 0.717) is 18.1 Å². The lowest BCUT2D eigenvalue weighted by Crippen LogP contribution is -2.41. The fourth-order valence-electron chi connectivity index (χ4n) is 3.34. The van der Waals surface area contributed by atoms with Crippen LogP contribution in [0.4, 0.5) is 24.0 Å². The van der Waals surface area contributed by atoms with Crippen molar-refractivity contribution in [3.8, 4) is 5.13 Å². The first-order chi connectivity index (χ1) is 13.9. The smallest absolute Gasteiger partial charge is 0.346 e. The van der Waals surface area contributed by atoms with Crippen LogP contribution in [-0.2, 0) is 11.0 Å². The first kappa shape index (κ1) is 19.4. The molecule has 0 radical (unpaired) electrons. The lowest BCUT2D eigenvalue weighted by Gasteiger charge is -2.31. The quantitative estimate of drug-likeness (QED) is 0.686. The highest BCUT2D eigenvalue weighted by Crippen LogP contribution is 2.35. The van der Waals surface area contributed by atoms with Crippen LogP contribution in [0.5, 0.6) is 0 Å². The number of para-hydroxylation sites is 1. The second kappa shape index (κ2) is 7.86. The number of aromatic nitrogens is 3. The van der Waals surface area contributed by atoms with Crippen molar-refractivity contribution in [3.63, 3.8) is 0 Å². The summed E-state index contributed by atoms with van der Waals surface area (Å²) in [5.41, 5.74) is -1.06. The van der Waals surface area contributed by atoms with Gasteiger partial charge in [-0.15, -0.1) is 10.2 Å². The summed E-state index contributed by atoms with van der Waals surface area (Å²) >= 11 is 1.41. The third kappa shape index (κ3) is 4.26. The van der Waals surface area contributed by atoms with E-state index in [1.165, 1.54) is 29.5 Å². The maximum Gasteiger partial charge on any atom is 0.418 e. The van der Waals surface area contributed by atoms with Gasteiger partial charge in [0.25, 0.3) is 0 Å². The highest BCUT2D eigenvalue weighted by molar-refractivity contribution is 7.17. The Hall–Kier alpha value is -2.88. The van der Waals surface area contributed by atoms with Gasteiger partial charge in [0.15, 0.2) is 0 Å². The van der Waals surface area contributed by atoms with Gasteiger partial charge in [0.2, 0.25) is 16.2 Å². The number of anilines is 2. The lowest BCUT2D eigenvalue weighted by molar-refractivity contribution is -0.137. The van der Waals surface area contributed by atoms with Crippen LogP contribution in [0.2, 0.25) is 0 Å². The van der Waals surface area contributed by atoms with E-state index >= 15 is 0 Å².